The van der Waals surface area contributed by atoms with Crippen LogP contribution in [0, 0.1) is 6.92 Å². The highest BCUT2D eigenvalue weighted by Crippen LogP contribution is 2.34. The number of amides is 1. The minimum absolute atomic E-state index is 0.0743. The Morgan fingerprint density at radius 1 is 1.15 bits per heavy atom. The van der Waals surface area contributed by atoms with Crippen molar-refractivity contribution in [2.45, 2.75) is 58.0 Å². The monoisotopic (exact) mass is 498 g/mol. The molecule has 3 aromatic rings. The minimum atomic E-state index is -0.0743. The number of hydrogen-bond acceptors (Lipinski definition) is 5. The molecule has 1 fully saturated rings. The zero-order valence-electron chi connectivity index (χ0n) is 20.6. The van der Waals surface area contributed by atoms with Gasteiger partial charge in [0.15, 0.2) is 0 Å². The Labute approximate surface area is 212 Å². The van der Waals surface area contributed by atoms with Gasteiger partial charge in [0.2, 0.25) is 0 Å². The summed E-state index contributed by atoms with van der Waals surface area (Å²) >= 11 is 8.21. The number of aromatic nitrogens is 1. The van der Waals surface area contributed by atoms with Gasteiger partial charge in [-0.1, -0.05) is 23.7 Å². The highest BCUT2D eigenvalue weighted by molar-refractivity contribution is 7.18. The molecule has 1 heterocycles. The van der Waals surface area contributed by atoms with Crippen LogP contribution in [0.4, 0.5) is 5.69 Å². The summed E-state index contributed by atoms with van der Waals surface area (Å²) < 4.78 is 1.18. The van der Waals surface area contributed by atoms with E-state index in [0.29, 0.717) is 35.6 Å². The first kappa shape index (κ1) is 25.0. The number of nitrogens with zero attached hydrogens (tertiary/aromatic N) is 3. The first-order chi connectivity index (χ1) is 16.4. The Bertz CT molecular complexity index is 1100. The normalized spacial score (nSPS) is 18.4. The number of benzene rings is 2. The van der Waals surface area contributed by atoms with Gasteiger partial charge >= 0.3 is 0 Å². The van der Waals surface area contributed by atoms with Gasteiger partial charge in [-0.3, -0.25) is 4.79 Å². The number of hydrogen-bond donors (Lipinski definition) is 1. The van der Waals surface area contributed by atoms with Crippen molar-refractivity contribution in [2.75, 3.05) is 32.1 Å². The van der Waals surface area contributed by atoms with E-state index in [1.54, 1.807) is 17.4 Å². The van der Waals surface area contributed by atoms with E-state index >= 15 is 0 Å². The Hall–Kier alpha value is -2.15. The molecule has 0 unspecified atom stereocenters. The third kappa shape index (κ3) is 5.56. The van der Waals surface area contributed by atoms with E-state index in [1.165, 1.54) is 17.5 Å². The lowest BCUT2D eigenvalue weighted by Crippen LogP contribution is -2.42. The summed E-state index contributed by atoms with van der Waals surface area (Å²) in [6.07, 6.45) is 5.44. The van der Waals surface area contributed by atoms with Crippen LogP contribution < -0.4 is 10.2 Å². The standard InChI is InChI=1S/C27H35ClN4OS/c1-5-32(21-12-10-20(11-13-21)31(3)4)24-17-19(28)16-22(18(24)2)27(33)29-15-14-26-30-23-8-6-7-9-25(23)34-26/h6-9,16-17,20-21H,5,10-15H2,1-4H3,(H,29,33)/t20-,21-. The summed E-state index contributed by atoms with van der Waals surface area (Å²) in [6, 6.07) is 13.1. The van der Waals surface area contributed by atoms with Crippen LogP contribution in [0.1, 0.15) is 53.5 Å². The van der Waals surface area contributed by atoms with Gasteiger partial charge in [-0.25, -0.2) is 4.98 Å². The number of anilines is 1. The van der Waals surface area contributed by atoms with Crippen LogP contribution in [0.3, 0.4) is 0 Å². The lowest BCUT2D eigenvalue weighted by molar-refractivity contribution is 0.0953. The number of rotatable bonds is 8. The number of para-hydroxylation sites is 1. The molecule has 1 saturated carbocycles. The van der Waals surface area contributed by atoms with Gasteiger partial charge in [-0.2, -0.15) is 0 Å². The topological polar surface area (TPSA) is 48.5 Å². The molecule has 0 saturated heterocycles. The molecule has 5 nitrogen and oxygen atoms in total. The molecule has 0 radical (unpaired) electrons. The first-order valence-corrected chi connectivity index (χ1v) is 13.4. The summed E-state index contributed by atoms with van der Waals surface area (Å²) in [5, 5.41) is 4.73. The Balaban J connectivity index is 1.44. The van der Waals surface area contributed by atoms with E-state index in [4.69, 9.17) is 11.6 Å². The zero-order chi connectivity index (χ0) is 24.2. The third-order valence-electron chi connectivity index (χ3n) is 7.04. The van der Waals surface area contributed by atoms with Crippen molar-refractivity contribution in [1.82, 2.24) is 15.2 Å². The molecule has 7 heteroatoms. The summed E-state index contributed by atoms with van der Waals surface area (Å²) in [5.74, 6) is -0.0743. The maximum absolute atomic E-state index is 13.1. The number of carbonyl (C=O) groups is 1. The molecule has 4 rings (SSSR count). The van der Waals surface area contributed by atoms with Gasteiger partial charge in [-0.15, -0.1) is 11.3 Å². The number of fused-ring (bicyclic) bond motifs is 1. The van der Waals surface area contributed by atoms with Gasteiger partial charge in [-0.05, 0) is 83.5 Å². The second kappa shape index (κ2) is 11.1. The van der Waals surface area contributed by atoms with Crippen molar-refractivity contribution >= 4 is 44.7 Å². The summed E-state index contributed by atoms with van der Waals surface area (Å²) in [5.41, 5.74) is 3.76. The minimum Gasteiger partial charge on any atom is -0.369 e. The molecule has 1 N–H and O–H groups in total. The lowest BCUT2D eigenvalue weighted by Gasteiger charge is -2.40. The smallest absolute Gasteiger partial charge is 0.251 e. The summed E-state index contributed by atoms with van der Waals surface area (Å²) in [6.45, 7) is 5.68. The molecule has 0 spiro atoms. The van der Waals surface area contributed by atoms with E-state index in [-0.39, 0.29) is 5.91 Å². The number of nitrogens with one attached hydrogen (secondary N) is 1. The predicted octanol–water partition coefficient (Wildman–Crippen LogP) is 5.93. The summed E-state index contributed by atoms with van der Waals surface area (Å²) in [4.78, 5) is 22.6. The fourth-order valence-corrected chi connectivity index (χ4v) is 6.29. The molecule has 1 aromatic heterocycles. The zero-order valence-corrected chi connectivity index (χ0v) is 22.2. The van der Waals surface area contributed by atoms with Crippen LogP contribution in [0.5, 0.6) is 0 Å². The SMILES string of the molecule is CCN(c1cc(Cl)cc(C(=O)NCCc2nc3ccccc3s2)c1C)[C@H]1CC[C@H](N(C)C)CC1. The average molecular weight is 499 g/mol. The van der Waals surface area contributed by atoms with Crippen LogP contribution in [0.25, 0.3) is 10.2 Å². The molecular formula is C27H35ClN4OS. The Morgan fingerprint density at radius 3 is 2.53 bits per heavy atom. The van der Waals surface area contributed by atoms with Crippen molar-refractivity contribution in [2.24, 2.45) is 0 Å². The molecule has 1 aliphatic rings. The predicted molar refractivity (Wildman–Crippen MR) is 145 cm³/mol. The highest BCUT2D eigenvalue weighted by atomic mass is 35.5. The van der Waals surface area contributed by atoms with Gasteiger partial charge in [0.05, 0.1) is 15.2 Å². The average Bonchev–Trinajstić information content (AvgIpc) is 3.24. The molecule has 0 aliphatic heterocycles. The van der Waals surface area contributed by atoms with E-state index in [9.17, 15) is 4.79 Å². The Morgan fingerprint density at radius 2 is 1.85 bits per heavy atom. The van der Waals surface area contributed by atoms with Crippen molar-refractivity contribution < 1.29 is 4.79 Å². The fraction of sp³-hybridized carbons (Fsp3) is 0.481. The highest BCUT2D eigenvalue weighted by Gasteiger charge is 2.28. The molecule has 1 aliphatic carbocycles. The largest absolute Gasteiger partial charge is 0.369 e. The Kier molecular flexibility index (Phi) is 8.12. The third-order valence-corrected chi connectivity index (χ3v) is 8.35. The van der Waals surface area contributed by atoms with E-state index < -0.39 is 0 Å². The number of carbonyl (C=O) groups excluding carboxylic acids is 1. The van der Waals surface area contributed by atoms with Crippen LogP contribution in [0.2, 0.25) is 5.02 Å². The number of thiazole rings is 1. The molecular weight excluding hydrogens is 464 g/mol. The van der Waals surface area contributed by atoms with Crippen molar-refractivity contribution in [3.8, 4) is 0 Å². The van der Waals surface area contributed by atoms with Crippen molar-refractivity contribution in [1.29, 1.82) is 0 Å². The first-order valence-electron chi connectivity index (χ1n) is 12.2. The molecule has 34 heavy (non-hydrogen) atoms. The van der Waals surface area contributed by atoms with Gasteiger partial charge < -0.3 is 15.1 Å². The van der Waals surface area contributed by atoms with Crippen LogP contribution in [-0.4, -0.2) is 55.1 Å². The maximum atomic E-state index is 13.1. The molecule has 1 amide bonds. The van der Waals surface area contributed by atoms with Crippen molar-refractivity contribution in [3.05, 3.63) is 57.6 Å². The molecule has 182 valence electrons. The van der Waals surface area contributed by atoms with E-state index in [0.717, 1.165) is 41.2 Å². The molecule has 2 aromatic carbocycles. The van der Waals surface area contributed by atoms with Crippen LogP contribution in [0.15, 0.2) is 36.4 Å². The quantitative estimate of drug-likeness (QED) is 0.418. The fourth-order valence-electron chi connectivity index (χ4n) is 5.12. The van der Waals surface area contributed by atoms with Gasteiger partial charge in [0.25, 0.3) is 5.91 Å². The maximum Gasteiger partial charge on any atom is 0.251 e. The second-order valence-corrected chi connectivity index (χ2v) is 10.9. The van der Waals surface area contributed by atoms with Gasteiger partial charge in [0, 0.05) is 47.9 Å². The molecule has 0 atom stereocenters. The second-order valence-electron chi connectivity index (χ2n) is 9.39. The van der Waals surface area contributed by atoms with Crippen molar-refractivity contribution in [3.63, 3.8) is 0 Å². The van der Waals surface area contributed by atoms with E-state index in [1.807, 2.05) is 31.2 Å². The number of halogens is 1. The van der Waals surface area contributed by atoms with Crippen LogP contribution in [-0.2, 0) is 6.42 Å². The lowest BCUT2D eigenvalue weighted by atomic mass is 9.89. The summed E-state index contributed by atoms with van der Waals surface area (Å²) in [7, 11) is 4.34. The van der Waals surface area contributed by atoms with E-state index in [2.05, 4.69) is 47.2 Å². The molecule has 0 bridgehead atoms. The van der Waals surface area contributed by atoms with Gasteiger partial charge in [0.1, 0.15) is 0 Å². The van der Waals surface area contributed by atoms with Crippen LogP contribution >= 0.6 is 22.9 Å².